The first-order chi connectivity index (χ1) is 14.4. The molecular weight excluding hydrogens is 419 g/mol. The molecule has 0 fully saturated rings. The number of pyridine rings is 1. The van der Waals surface area contributed by atoms with E-state index in [4.69, 9.17) is 16.4 Å². The Morgan fingerprint density at radius 3 is 2.87 bits per heavy atom. The molecule has 2 aromatic heterocycles. The summed E-state index contributed by atoms with van der Waals surface area (Å²) in [4.78, 5) is 21.3. The molecule has 0 unspecified atom stereocenters. The standard InChI is InChI=1S/C21H19ClF3N3O2/c22-7-9-30-27-13-16-5-8-28-19(14-26-20(28)12-16)17-3-1-2-15(10-17)11-18(29)4-6-21(23,24)25/h1-3,5,8,10,12-14H,4,6-7,9,11H2. The summed E-state index contributed by atoms with van der Waals surface area (Å²) in [6.45, 7) is 0.322. The molecular formula is C21H19ClF3N3O2. The van der Waals surface area contributed by atoms with Crippen LogP contribution in [-0.4, -0.2) is 40.0 Å². The summed E-state index contributed by atoms with van der Waals surface area (Å²) in [5, 5.41) is 3.82. The van der Waals surface area contributed by atoms with Crippen molar-refractivity contribution in [3.8, 4) is 11.3 Å². The van der Waals surface area contributed by atoms with Crippen molar-refractivity contribution in [2.75, 3.05) is 12.5 Å². The lowest BCUT2D eigenvalue weighted by atomic mass is 10.0. The molecule has 0 amide bonds. The highest BCUT2D eigenvalue weighted by Gasteiger charge is 2.27. The second kappa shape index (κ2) is 9.75. The molecule has 0 aliphatic rings. The summed E-state index contributed by atoms with van der Waals surface area (Å²) in [6, 6.07) is 10.8. The van der Waals surface area contributed by atoms with Crippen LogP contribution in [0.3, 0.4) is 0 Å². The van der Waals surface area contributed by atoms with Crippen LogP contribution in [0.5, 0.6) is 0 Å². The van der Waals surface area contributed by atoms with Gasteiger partial charge in [-0.15, -0.1) is 11.6 Å². The number of benzene rings is 1. The number of fused-ring (bicyclic) bond motifs is 1. The number of carbonyl (C=O) groups excluding carboxylic acids is 1. The Hall–Kier alpha value is -2.87. The van der Waals surface area contributed by atoms with Gasteiger partial charge in [0, 0.05) is 30.2 Å². The van der Waals surface area contributed by atoms with Crippen molar-refractivity contribution in [3.05, 3.63) is 59.9 Å². The third kappa shape index (κ3) is 6.06. The number of aromatic nitrogens is 2. The molecule has 0 bridgehead atoms. The Kier molecular flexibility index (Phi) is 7.10. The first-order valence-electron chi connectivity index (χ1n) is 9.22. The van der Waals surface area contributed by atoms with Crippen molar-refractivity contribution in [2.24, 2.45) is 5.16 Å². The van der Waals surface area contributed by atoms with Crippen LogP contribution in [0.15, 0.2) is 53.9 Å². The van der Waals surface area contributed by atoms with Gasteiger partial charge in [-0.1, -0.05) is 23.4 Å². The number of halogens is 4. The summed E-state index contributed by atoms with van der Waals surface area (Å²) in [6.07, 6.45) is -0.873. The lowest BCUT2D eigenvalue weighted by Crippen LogP contribution is -2.12. The molecule has 30 heavy (non-hydrogen) atoms. The number of ketones is 1. The molecule has 0 atom stereocenters. The van der Waals surface area contributed by atoms with Crippen LogP contribution >= 0.6 is 11.6 Å². The smallest absolute Gasteiger partial charge is 0.389 e. The monoisotopic (exact) mass is 437 g/mol. The number of oxime groups is 1. The number of carbonyl (C=O) groups is 1. The molecule has 3 aromatic rings. The zero-order valence-corrected chi connectivity index (χ0v) is 16.7. The summed E-state index contributed by atoms with van der Waals surface area (Å²) < 4.78 is 38.8. The second-order valence-electron chi connectivity index (χ2n) is 6.62. The summed E-state index contributed by atoms with van der Waals surface area (Å²) in [7, 11) is 0. The number of hydrogen-bond donors (Lipinski definition) is 0. The van der Waals surface area contributed by atoms with Gasteiger partial charge in [-0.3, -0.25) is 9.20 Å². The highest BCUT2D eigenvalue weighted by Crippen LogP contribution is 2.24. The fraction of sp³-hybridized carbons (Fsp3) is 0.286. The van der Waals surface area contributed by atoms with E-state index in [2.05, 4.69) is 10.1 Å². The van der Waals surface area contributed by atoms with E-state index in [1.54, 1.807) is 30.6 Å². The molecule has 3 rings (SSSR count). The number of nitrogens with zero attached hydrogens (tertiary/aromatic N) is 3. The number of alkyl halides is 4. The van der Waals surface area contributed by atoms with Gasteiger partial charge in [0.2, 0.25) is 0 Å². The van der Waals surface area contributed by atoms with E-state index in [9.17, 15) is 18.0 Å². The van der Waals surface area contributed by atoms with E-state index in [1.807, 2.05) is 28.8 Å². The van der Waals surface area contributed by atoms with Crippen LogP contribution < -0.4 is 0 Å². The fourth-order valence-electron chi connectivity index (χ4n) is 2.91. The predicted molar refractivity (Wildman–Crippen MR) is 109 cm³/mol. The van der Waals surface area contributed by atoms with Crippen molar-refractivity contribution < 1.29 is 22.8 Å². The molecule has 9 heteroatoms. The van der Waals surface area contributed by atoms with Gasteiger partial charge in [0.15, 0.2) is 0 Å². The van der Waals surface area contributed by atoms with Gasteiger partial charge in [0.25, 0.3) is 0 Å². The Morgan fingerprint density at radius 1 is 1.27 bits per heavy atom. The molecule has 0 saturated carbocycles. The van der Waals surface area contributed by atoms with Gasteiger partial charge in [-0.25, -0.2) is 4.98 Å². The van der Waals surface area contributed by atoms with Crippen LogP contribution in [0.1, 0.15) is 24.0 Å². The van der Waals surface area contributed by atoms with E-state index in [0.29, 0.717) is 23.7 Å². The first-order valence-corrected chi connectivity index (χ1v) is 9.75. The van der Waals surface area contributed by atoms with Crippen LogP contribution in [0, 0.1) is 0 Å². The van der Waals surface area contributed by atoms with Crippen LogP contribution in [0.4, 0.5) is 13.2 Å². The maximum Gasteiger partial charge on any atom is 0.389 e. The lowest BCUT2D eigenvalue weighted by Gasteiger charge is -2.07. The maximum atomic E-state index is 12.3. The maximum absolute atomic E-state index is 12.3. The second-order valence-corrected chi connectivity index (χ2v) is 7.00. The van der Waals surface area contributed by atoms with Crippen molar-refractivity contribution in [2.45, 2.75) is 25.4 Å². The summed E-state index contributed by atoms with van der Waals surface area (Å²) >= 11 is 5.52. The molecule has 158 valence electrons. The Morgan fingerprint density at radius 2 is 2.10 bits per heavy atom. The minimum absolute atomic E-state index is 0.0381. The van der Waals surface area contributed by atoms with Gasteiger partial charge in [-0.2, -0.15) is 13.2 Å². The van der Waals surface area contributed by atoms with Crippen LogP contribution in [-0.2, 0) is 16.1 Å². The van der Waals surface area contributed by atoms with E-state index in [-0.39, 0.29) is 6.42 Å². The van der Waals surface area contributed by atoms with Crippen molar-refractivity contribution >= 4 is 29.2 Å². The van der Waals surface area contributed by atoms with Crippen LogP contribution in [0.2, 0.25) is 0 Å². The minimum atomic E-state index is -4.33. The molecule has 0 N–H and O–H groups in total. The molecule has 0 spiro atoms. The van der Waals surface area contributed by atoms with E-state index >= 15 is 0 Å². The molecule has 0 aliphatic carbocycles. The van der Waals surface area contributed by atoms with Crippen molar-refractivity contribution in [1.29, 1.82) is 0 Å². The van der Waals surface area contributed by atoms with Crippen LogP contribution in [0.25, 0.3) is 16.9 Å². The molecule has 0 aliphatic heterocycles. The molecule has 0 radical (unpaired) electrons. The third-order valence-electron chi connectivity index (χ3n) is 4.29. The normalized spacial score (nSPS) is 12.0. The van der Waals surface area contributed by atoms with Crippen molar-refractivity contribution in [3.63, 3.8) is 0 Å². The van der Waals surface area contributed by atoms with E-state index in [0.717, 1.165) is 16.8 Å². The minimum Gasteiger partial charge on any atom is -0.395 e. The Bertz CT molecular complexity index is 1050. The largest absolute Gasteiger partial charge is 0.395 e. The third-order valence-corrected chi connectivity index (χ3v) is 4.45. The zero-order valence-electron chi connectivity index (χ0n) is 15.9. The number of imidazole rings is 1. The van der Waals surface area contributed by atoms with Gasteiger partial charge in [0.1, 0.15) is 18.0 Å². The zero-order chi connectivity index (χ0) is 21.6. The summed E-state index contributed by atoms with van der Waals surface area (Å²) in [5.41, 5.74) is 3.78. The molecule has 2 heterocycles. The first kappa shape index (κ1) is 21.8. The Balaban J connectivity index is 1.75. The number of hydrogen-bond acceptors (Lipinski definition) is 4. The van der Waals surface area contributed by atoms with Gasteiger partial charge in [0.05, 0.1) is 30.4 Å². The number of rotatable bonds is 9. The molecule has 5 nitrogen and oxygen atoms in total. The highest BCUT2D eigenvalue weighted by atomic mass is 35.5. The predicted octanol–water partition coefficient (Wildman–Crippen LogP) is 5.04. The average Bonchev–Trinajstić information content (AvgIpc) is 3.13. The number of Topliss-reactive ketones (excluding diaryl/α,β-unsaturated/α-hetero) is 1. The quantitative estimate of drug-likeness (QED) is 0.204. The van der Waals surface area contributed by atoms with E-state index in [1.165, 1.54) is 0 Å². The van der Waals surface area contributed by atoms with Gasteiger partial charge < -0.3 is 4.84 Å². The van der Waals surface area contributed by atoms with Gasteiger partial charge >= 0.3 is 6.18 Å². The Labute approximate surface area is 176 Å². The summed E-state index contributed by atoms with van der Waals surface area (Å²) in [5.74, 6) is -0.0876. The molecule has 0 saturated heterocycles. The topological polar surface area (TPSA) is 56.0 Å². The molecule has 1 aromatic carbocycles. The SMILES string of the molecule is O=C(CCC(F)(F)F)Cc1cccc(-c2cnc3cc(C=NOCCCl)ccn23)c1. The van der Waals surface area contributed by atoms with Crippen molar-refractivity contribution in [1.82, 2.24) is 9.38 Å². The van der Waals surface area contributed by atoms with E-state index < -0.39 is 24.8 Å². The van der Waals surface area contributed by atoms with Gasteiger partial charge in [-0.05, 0) is 23.8 Å². The average molecular weight is 438 g/mol. The highest BCUT2D eigenvalue weighted by molar-refractivity contribution is 6.17. The lowest BCUT2D eigenvalue weighted by molar-refractivity contribution is -0.143. The fourth-order valence-corrected chi connectivity index (χ4v) is 2.98.